The van der Waals surface area contributed by atoms with E-state index in [0.717, 1.165) is 29.7 Å². The number of rotatable bonds is 3. The monoisotopic (exact) mass is 379 g/mol. The first kappa shape index (κ1) is 18.4. The van der Waals surface area contributed by atoms with Crippen LogP contribution in [0.2, 0.25) is 0 Å². The molecule has 7 heteroatoms. The van der Waals surface area contributed by atoms with Crippen molar-refractivity contribution in [2.24, 2.45) is 0 Å². The lowest BCUT2D eigenvalue weighted by Gasteiger charge is -2.26. The second-order valence-electron chi connectivity index (χ2n) is 7.70. The van der Waals surface area contributed by atoms with Crippen molar-refractivity contribution in [3.63, 3.8) is 0 Å². The summed E-state index contributed by atoms with van der Waals surface area (Å²) in [5, 5.41) is 0. The van der Waals surface area contributed by atoms with E-state index >= 15 is 0 Å². The molecule has 1 fully saturated rings. The second-order valence-corrected chi connectivity index (χ2v) is 7.70. The van der Waals surface area contributed by atoms with Crippen molar-refractivity contribution in [3.8, 4) is 0 Å². The molecule has 1 aliphatic rings. The summed E-state index contributed by atoms with van der Waals surface area (Å²) < 4.78 is 2.20. The van der Waals surface area contributed by atoms with Crippen LogP contribution in [0.3, 0.4) is 0 Å². The Balaban J connectivity index is 1.79. The molecule has 1 aliphatic heterocycles. The molecule has 28 heavy (non-hydrogen) atoms. The Morgan fingerprint density at radius 3 is 2.71 bits per heavy atom. The number of nitrogens with one attached hydrogen (secondary N) is 1. The van der Waals surface area contributed by atoms with Crippen molar-refractivity contribution in [1.29, 1.82) is 0 Å². The van der Waals surface area contributed by atoms with Gasteiger partial charge >= 0.3 is 0 Å². The van der Waals surface area contributed by atoms with Gasteiger partial charge in [-0.15, -0.1) is 0 Å². The molecule has 3 aromatic rings. The number of H-pyrrole nitrogens is 1. The number of hydrogen-bond acceptors (Lipinski definition) is 4. The quantitative estimate of drug-likeness (QED) is 0.757. The highest BCUT2D eigenvalue weighted by Gasteiger charge is 2.36. The summed E-state index contributed by atoms with van der Waals surface area (Å²) in [7, 11) is 0. The van der Waals surface area contributed by atoms with Crippen LogP contribution in [0.4, 0.5) is 0 Å². The Kier molecular flexibility index (Phi) is 4.53. The Bertz CT molecular complexity index is 1110. The van der Waals surface area contributed by atoms with Crippen LogP contribution >= 0.6 is 0 Å². The Hall–Kier alpha value is -2.96. The van der Waals surface area contributed by atoms with E-state index in [1.807, 2.05) is 18.2 Å². The van der Waals surface area contributed by atoms with Crippen LogP contribution in [0.1, 0.15) is 66.5 Å². The molecule has 146 valence electrons. The fourth-order valence-electron chi connectivity index (χ4n) is 4.02. The molecule has 1 aromatic carbocycles. The average Bonchev–Trinajstić information content (AvgIpc) is 3.28. The standard InChI is InChI=1S/C21H25N5O2/c1-12(2)26-16-9-6-5-8-15(16)24-19(26)17-10-7-11-25(17)21(28)18-20(27)23-14(4)13(3)22-18/h5-6,8-9,12,17H,7,10-11H2,1-4H3,(H,23,27). The van der Waals surface area contributed by atoms with Gasteiger partial charge in [-0.25, -0.2) is 9.97 Å². The minimum absolute atomic E-state index is 0.0396. The summed E-state index contributed by atoms with van der Waals surface area (Å²) in [6.45, 7) is 8.41. The fraction of sp³-hybridized carbons (Fsp3) is 0.429. The number of carbonyl (C=O) groups is 1. The van der Waals surface area contributed by atoms with Crippen molar-refractivity contribution in [1.82, 2.24) is 24.4 Å². The molecule has 1 saturated heterocycles. The summed E-state index contributed by atoms with van der Waals surface area (Å²) in [5.41, 5.74) is 2.86. The molecule has 1 atom stereocenters. The number of carbonyl (C=O) groups excluding carboxylic acids is 1. The molecule has 2 aromatic heterocycles. The van der Waals surface area contributed by atoms with E-state index in [9.17, 15) is 9.59 Å². The number of nitrogens with zero attached hydrogens (tertiary/aromatic N) is 4. The number of imidazole rings is 1. The third-order valence-corrected chi connectivity index (χ3v) is 5.49. The molecule has 7 nitrogen and oxygen atoms in total. The zero-order chi connectivity index (χ0) is 20.0. The highest BCUT2D eigenvalue weighted by Crippen LogP contribution is 2.35. The number of aromatic nitrogens is 4. The van der Waals surface area contributed by atoms with E-state index in [1.54, 1.807) is 18.7 Å². The molecular formula is C21H25N5O2. The normalized spacial score (nSPS) is 17.0. The molecular weight excluding hydrogens is 354 g/mol. The highest BCUT2D eigenvalue weighted by atomic mass is 16.2. The van der Waals surface area contributed by atoms with Crippen LogP contribution in [0.15, 0.2) is 29.1 Å². The van der Waals surface area contributed by atoms with Crippen LogP contribution in [0, 0.1) is 13.8 Å². The molecule has 0 aliphatic carbocycles. The zero-order valence-electron chi connectivity index (χ0n) is 16.7. The number of fused-ring (bicyclic) bond motifs is 1. The summed E-state index contributed by atoms with van der Waals surface area (Å²) in [4.78, 5) is 39.2. The van der Waals surface area contributed by atoms with E-state index in [4.69, 9.17) is 4.98 Å². The van der Waals surface area contributed by atoms with Crippen LogP contribution in [-0.2, 0) is 0 Å². The van der Waals surface area contributed by atoms with E-state index in [0.29, 0.717) is 17.9 Å². The molecule has 1 amide bonds. The topological polar surface area (TPSA) is 83.9 Å². The molecule has 1 N–H and O–H groups in total. The second kappa shape index (κ2) is 6.89. The van der Waals surface area contributed by atoms with Gasteiger partial charge in [-0.1, -0.05) is 12.1 Å². The van der Waals surface area contributed by atoms with Crippen LogP contribution in [-0.4, -0.2) is 36.9 Å². The van der Waals surface area contributed by atoms with Crippen molar-refractivity contribution < 1.29 is 4.79 Å². The number of benzene rings is 1. The van der Waals surface area contributed by atoms with E-state index in [1.165, 1.54) is 0 Å². The molecule has 3 heterocycles. The van der Waals surface area contributed by atoms with Gasteiger partial charge in [0.05, 0.1) is 22.8 Å². The number of hydrogen-bond donors (Lipinski definition) is 1. The van der Waals surface area contributed by atoms with Gasteiger partial charge in [0.25, 0.3) is 11.5 Å². The van der Waals surface area contributed by atoms with Crippen molar-refractivity contribution >= 4 is 16.9 Å². The van der Waals surface area contributed by atoms with Gasteiger partial charge < -0.3 is 14.5 Å². The van der Waals surface area contributed by atoms with E-state index < -0.39 is 5.56 Å². The Morgan fingerprint density at radius 2 is 1.96 bits per heavy atom. The SMILES string of the molecule is Cc1nc(C(=O)N2CCCC2c2nc3ccccc3n2C(C)C)c(=O)[nH]c1C. The molecule has 0 radical (unpaired) electrons. The minimum atomic E-state index is -0.434. The number of para-hydroxylation sites is 2. The predicted octanol–water partition coefficient (Wildman–Crippen LogP) is 3.29. The summed E-state index contributed by atoms with van der Waals surface area (Å²) in [6.07, 6.45) is 1.70. The Morgan fingerprint density at radius 1 is 1.21 bits per heavy atom. The van der Waals surface area contributed by atoms with Crippen LogP contribution in [0.5, 0.6) is 0 Å². The fourth-order valence-corrected chi connectivity index (χ4v) is 4.02. The van der Waals surface area contributed by atoms with Crippen molar-refractivity contribution in [2.45, 2.75) is 52.6 Å². The molecule has 0 saturated carbocycles. The minimum Gasteiger partial charge on any atom is -0.327 e. The third-order valence-electron chi connectivity index (χ3n) is 5.49. The summed E-state index contributed by atoms with van der Waals surface area (Å²) in [5.74, 6) is 0.552. The highest BCUT2D eigenvalue weighted by molar-refractivity contribution is 5.92. The van der Waals surface area contributed by atoms with Gasteiger partial charge in [0, 0.05) is 18.3 Å². The van der Waals surface area contributed by atoms with Crippen molar-refractivity contribution in [2.75, 3.05) is 6.54 Å². The molecule has 0 spiro atoms. The van der Waals surface area contributed by atoms with E-state index in [2.05, 4.69) is 34.4 Å². The maximum absolute atomic E-state index is 13.2. The van der Waals surface area contributed by atoms with Crippen LogP contribution < -0.4 is 5.56 Å². The average molecular weight is 379 g/mol. The lowest BCUT2D eigenvalue weighted by Crippen LogP contribution is -2.37. The van der Waals surface area contributed by atoms with Crippen LogP contribution in [0.25, 0.3) is 11.0 Å². The predicted molar refractivity (Wildman–Crippen MR) is 107 cm³/mol. The Labute approximate surface area is 163 Å². The lowest BCUT2D eigenvalue weighted by atomic mass is 10.2. The van der Waals surface area contributed by atoms with Gasteiger partial charge in [0.2, 0.25) is 0 Å². The maximum Gasteiger partial charge on any atom is 0.279 e. The third kappa shape index (κ3) is 2.91. The maximum atomic E-state index is 13.2. The van der Waals surface area contributed by atoms with Gasteiger partial charge in [-0.2, -0.15) is 0 Å². The first-order valence-corrected chi connectivity index (χ1v) is 9.74. The van der Waals surface area contributed by atoms with Gasteiger partial charge in [0.15, 0.2) is 5.69 Å². The lowest BCUT2D eigenvalue weighted by molar-refractivity contribution is 0.0718. The van der Waals surface area contributed by atoms with Crippen molar-refractivity contribution in [3.05, 3.63) is 57.5 Å². The smallest absolute Gasteiger partial charge is 0.279 e. The molecule has 4 rings (SSSR count). The molecule has 0 bridgehead atoms. The molecule has 1 unspecified atom stereocenters. The van der Waals surface area contributed by atoms with Gasteiger partial charge in [-0.05, 0) is 52.7 Å². The van der Waals surface area contributed by atoms with E-state index in [-0.39, 0.29) is 23.7 Å². The number of likely N-dealkylation sites (tertiary alicyclic amines) is 1. The zero-order valence-corrected chi connectivity index (χ0v) is 16.7. The largest absolute Gasteiger partial charge is 0.327 e. The summed E-state index contributed by atoms with van der Waals surface area (Å²) >= 11 is 0. The number of aromatic amines is 1. The number of amides is 1. The number of aryl methyl sites for hydroxylation is 2. The summed E-state index contributed by atoms with van der Waals surface area (Å²) in [6, 6.07) is 8.08. The first-order chi connectivity index (χ1) is 13.4. The van der Waals surface area contributed by atoms with Gasteiger partial charge in [-0.3, -0.25) is 9.59 Å². The first-order valence-electron chi connectivity index (χ1n) is 9.74. The van der Waals surface area contributed by atoms with Gasteiger partial charge in [0.1, 0.15) is 5.82 Å².